The molecule has 0 aliphatic carbocycles. The zero-order valence-electron chi connectivity index (χ0n) is 21.2. The van der Waals surface area contributed by atoms with Gasteiger partial charge in [-0.25, -0.2) is 4.39 Å². The van der Waals surface area contributed by atoms with Crippen LogP contribution in [0.1, 0.15) is 45.3 Å². The molecule has 2 heterocycles. The molecular weight excluding hydrogens is 645 g/mol. The Morgan fingerprint density at radius 1 is 1.32 bits per heavy atom. The summed E-state index contributed by atoms with van der Waals surface area (Å²) in [6.07, 6.45) is -2.78. The van der Waals surface area contributed by atoms with Gasteiger partial charge in [0.2, 0.25) is 12.3 Å². The van der Waals surface area contributed by atoms with Gasteiger partial charge in [-0.2, -0.15) is 35.5 Å². The number of carbonyl (C=O) groups is 2. The van der Waals surface area contributed by atoms with Gasteiger partial charge in [0.1, 0.15) is 5.82 Å². The molecule has 3 rings (SSSR count). The third-order valence-corrected chi connectivity index (χ3v) is 8.31. The topological polar surface area (TPSA) is 114 Å². The largest absolute Gasteiger partial charge is 0.416 e. The lowest BCUT2D eigenvalue weighted by Crippen LogP contribution is -2.57. The van der Waals surface area contributed by atoms with Gasteiger partial charge < -0.3 is 10.2 Å². The maximum Gasteiger partial charge on any atom is 0.416 e. The molecule has 0 saturated carbocycles. The maximum absolute atomic E-state index is 13.3. The van der Waals surface area contributed by atoms with E-state index in [1.807, 2.05) is 6.92 Å². The Bertz CT molecular complexity index is 1120. The molecule has 2 fully saturated rings. The maximum atomic E-state index is 13.3. The molecule has 1 N–H and O–H groups in total. The molecule has 0 radical (unpaired) electrons. The van der Waals surface area contributed by atoms with E-state index in [1.54, 1.807) is 11.9 Å². The number of halogens is 5. The van der Waals surface area contributed by atoms with E-state index in [2.05, 4.69) is 11.4 Å². The van der Waals surface area contributed by atoms with Gasteiger partial charge in [0.25, 0.3) is 10.2 Å². The van der Waals surface area contributed by atoms with Crippen molar-refractivity contribution in [1.29, 1.82) is 5.26 Å². The summed E-state index contributed by atoms with van der Waals surface area (Å²) >= 11 is 0. The average Bonchev–Trinajstić information content (AvgIpc) is 2.82. The van der Waals surface area contributed by atoms with Gasteiger partial charge >= 0.3 is 6.18 Å². The summed E-state index contributed by atoms with van der Waals surface area (Å²) in [5, 5.41) is 11.0. The lowest BCUT2D eigenvalue weighted by atomic mass is 9.98. The fourth-order valence-electron chi connectivity index (χ4n) is 3.94. The Labute approximate surface area is 238 Å². The number of nitrogens with zero attached hydrogens (tertiary/aromatic N) is 4. The Hall–Kier alpha value is -2.03. The fraction of sp³-hybridized carbons (Fsp3) is 0.609. The molecule has 1 aromatic rings. The predicted octanol–water partition coefficient (Wildman–Crippen LogP) is 3.39. The van der Waals surface area contributed by atoms with Gasteiger partial charge in [0, 0.05) is 46.8 Å². The normalized spacial score (nSPS) is 19.5. The molecule has 9 nitrogen and oxygen atoms in total. The van der Waals surface area contributed by atoms with Crippen LogP contribution in [0.15, 0.2) is 18.2 Å². The van der Waals surface area contributed by atoms with Crippen molar-refractivity contribution in [2.45, 2.75) is 38.9 Å². The van der Waals surface area contributed by atoms with E-state index in [4.69, 9.17) is 5.26 Å². The number of nitrogens with one attached hydrogen (secondary N) is 1. The van der Waals surface area contributed by atoms with Crippen LogP contribution in [0, 0.1) is 29.0 Å². The van der Waals surface area contributed by atoms with Crippen molar-refractivity contribution in [3.63, 3.8) is 0 Å². The molecule has 1 aromatic carbocycles. The summed E-state index contributed by atoms with van der Waals surface area (Å²) in [4.78, 5) is 23.9. The molecule has 0 bridgehead atoms. The van der Waals surface area contributed by atoms with Crippen molar-refractivity contribution >= 4 is 46.5 Å². The van der Waals surface area contributed by atoms with E-state index in [-0.39, 0.29) is 68.3 Å². The molecule has 0 aromatic heterocycles. The Balaban J connectivity index is 0.000000729. The number of alkyl halides is 3. The zero-order valence-corrected chi connectivity index (χ0v) is 24.4. The van der Waals surface area contributed by atoms with Crippen LogP contribution >= 0.6 is 24.0 Å². The van der Waals surface area contributed by atoms with Crippen LogP contribution in [0.4, 0.5) is 17.6 Å². The minimum absolute atomic E-state index is 0. The second kappa shape index (κ2) is 14.4. The number of rotatable bonds is 7. The molecule has 2 amide bonds. The van der Waals surface area contributed by atoms with Crippen molar-refractivity contribution in [3.05, 3.63) is 35.1 Å². The van der Waals surface area contributed by atoms with Crippen molar-refractivity contribution in [1.82, 2.24) is 18.8 Å². The van der Waals surface area contributed by atoms with Crippen LogP contribution in [-0.2, 0) is 26.0 Å². The number of amides is 2. The molecule has 2 aliphatic rings. The Morgan fingerprint density at radius 2 is 1.95 bits per heavy atom. The molecule has 2 aliphatic heterocycles. The summed E-state index contributed by atoms with van der Waals surface area (Å²) in [5.74, 6) is -1.44. The van der Waals surface area contributed by atoms with Crippen LogP contribution < -0.4 is 5.32 Å². The number of nitriles is 1. The van der Waals surface area contributed by atoms with Gasteiger partial charge in [0.05, 0.1) is 29.5 Å². The van der Waals surface area contributed by atoms with Crippen LogP contribution in [0.5, 0.6) is 0 Å². The average molecular weight is 680 g/mol. The van der Waals surface area contributed by atoms with E-state index in [0.717, 1.165) is 18.6 Å². The zero-order chi connectivity index (χ0) is 28.0. The summed E-state index contributed by atoms with van der Waals surface area (Å²) < 4.78 is 77.6. The first-order valence-electron chi connectivity index (χ1n) is 11.7. The van der Waals surface area contributed by atoms with Gasteiger partial charge in [-0.1, -0.05) is 6.07 Å². The van der Waals surface area contributed by atoms with E-state index in [0.29, 0.717) is 32.0 Å². The summed E-state index contributed by atoms with van der Waals surface area (Å²) in [7, 11) is -1.78. The van der Waals surface area contributed by atoms with Gasteiger partial charge in [0.15, 0.2) is 0 Å². The molecule has 216 valence electrons. The quantitative estimate of drug-likeness (QED) is 0.270. The van der Waals surface area contributed by atoms with Gasteiger partial charge in [-0.15, -0.1) is 24.0 Å². The molecule has 15 heteroatoms. The van der Waals surface area contributed by atoms with Crippen LogP contribution in [0.2, 0.25) is 0 Å². The SMILES string of the molecule is CCN(C)C(=O)[C@H]1CCCN(S(=O)(=O)N2CC(C#N)C2)C1.C[C@@H](NC=O)c1ccc(C(F)(F)F)cc1F.I.[HH]. The number of hydrogen-bond acceptors (Lipinski definition) is 5. The molecule has 2 saturated heterocycles. The van der Waals surface area contributed by atoms with Crippen LogP contribution in [0.25, 0.3) is 0 Å². The van der Waals surface area contributed by atoms with Crippen LogP contribution in [0.3, 0.4) is 0 Å². The highest BCUT2D eigenvalue weighted by molar-refractivity contribution is 14.0. The van der Waals surface area contributed by atoms with Crippen molar-refractivity contribution < 1.29 is 37.0 Å². The Kier molecular flexibility index (Phi) is 12.9. The van der Waals surface area contributed by atoms with Gasteiger partial charge in [-0.3, -0.25) is 9.59 Å². The minimum Gasteiger partial charge on any atom is -0.352 e. The van der Waals surface area contributed by atoms with Crippen molar-refractivity contribution in [2.24, 2.45) is 11.8 Å². The highest BCUT2D eigenvalue weighted by Crippen LogP contribution is 2.31. The highest BCUT2D eigenvalue weighted by atomic mass is 127. The lowest BCUT2D eigenvalue weighted by Gasteiger charge is -2.40. The van der Waals surface area contributed by atoms with Gasteiger partial charge in [-0.05, 0) is 38.8 Å². The van der Waals surface area contributed by atoms with Crippen molar-refractivity contribution in [2.75, 3.05) is 39.8 Å². The number of benzene rings is 1. The highest BCUT2D eigenvalue weighted by Gasteiger charge is 2.42. The number of carbonyl (C=O) groups excluding carboxylic acids is 2. The predicted molar refractivity (Wildman–Crippen MR) is 144 cm³/mol. The first-order valence-corrected chi connectivity index (χ1v) is 13.1. The first kappa shape index (κ1) is 34.0. The molecule has 0 unspecified atom stereocenters. The van der Waals surface area contributed by atoms with Crippen molar-refractivity contribution in [3.8, 4) is 6.07 Å². The molecule has 0 spiro atoms. The second-order valence-corrected chi connectivity index (χ2v) is 10.9. The minimum atomic E-state index is -4.57. The first-order chi connectivity index (χ1) is 17.3. The summed E-state index contributed by atoms with van der Waals surface area (Å²) in [6, 6.07) is 3.61. The summed E-state index contributed by atoms with van der Waals surface area (Å²) in [6.45, 7) is 5.23. The standard InChI is InChI=1S/C13H22N4O3S.C10H9F4NO.HI.H2/c1-3-15(2)13(18)12-5-4-6-16(10-12)21(19,20)17-8-11(7-14)9-17;1-6(15-5-16)8-3-2-7(4-9(8)11)10(12,13)14;;/h11-12H,3-6,8-10H2,1-2H3;2-6H,1H3,(H,15,16);2*1H/t12-;6-;;/m01../s1. The fourth-order valence-corrected chi connectivity index (χ4v) is 5.73. The molecule has 38 heavy (non-hydrogen) atoms. The Morgan fingerprint density at radius 3 is 2.45 bits per heavy atom. The van der Waals surface area contributed by atoms with E-state index in [9.17, 15) is 35.6 Å². The molecule has 2 atom stereocenters. The molecular formula is C23H34F4IN5O4S. The lowest BCUT2D eigenvalue weighted by molar-refractivity contribution is -0.138. The monoisotopic (exact) mass is 679 g/mol. The summed E-state index contributed by atoms with van der Waals surface area (Å²) in [5.41, 5.74) is -1.04. The smallest absolute Gasteiger partial charge is 0.352 e. The third-order valence-electron chi connectivity index (χ3n) is 6.38. The number of hydrogen-bond donors (Lipinski definition) is 1. The van der Waals surface area contributed by atoms with E-state index in [1.165, 1.54) is 15.5 Å². The third kappa shape index (κ3) is 8.48. The van der Waals surface area contributed by atoms with E-state index < -0.39 is 33.8 Å². The van der Waals surface area contributed by atoms with Crippen LogP contribution in [-0.4, -0.2) is 74.0 Å². The number of piperidine rings is 1. The van der Waals surface area contributed by atoms with E-state index >= 15 is 0 Å². The second-order valence-electron chi connectivity index (χ2n) is 8.94.